The molecule has 0 saturated carbocycles. The van der Waals surface area contributed by atoms with E-state index >= 15 is 0 Å². The van der Waals surface area contributed by atoms with Crippen molar-refractivity contribution in [1.82, 2.24) is 14.7 Å². The molecule has 1 fully saturated rings. The SMILES string of the molecule is O=C(CCC(=O)c1ccc(-c2ccccc2)cc1)Nc1cccc2nn(CCN3CCCC3)cc12. The Hall–Kier alpha value is -3.77. The predicted octanol–water partition coefficient (Wildman–Crippen LogP) is 5.40. The van der Waals surface area contributed by atoms with Crippen LogP contribution in [0.1, 0.15) is 36.0 Å². The summed E-state index contributed by atoms with van der Waals surface area (Å²) in [5.41, 5.74) is 4.39. The summed E-state index contributed by atoms with van der Waals surface area (Å²) in [6, 6.07) is 23.4. The number of likely N-dealkylation sites (tertiary alicyclic amines) is 1. The maximum atomic E-state index is 12.6. The fraction of sp³-hybridized carbons (Fsp3) is 0.276. The third-order valence-corrected chi connectivity index (χ3v) is 6.61. The molecule has 0 spiro atoms. The second-order valence-electron chi connectivity index (χ2n) is 9.09. The van der Waals surface area contributed by atoms with E-state index in [1.807, 2.05) is 83.7 Å². The smallest absolute Gasteiger partial charge is 0.224 e. The zero-order valence-electron chi connectivity index (χ0n) is 19.8. The van der Waals surface area contributed by atoms with Crippen LogP contribution in [-0.2, 0) is 11.3 Å². The van der Waals surface area contributed by atoms with E-state index in [0.717, 1.165) is 53.9 Å². The molecule has 1 amide bonds. The molecule has 0 radical (unpaired) electrons. The van der Waals surface area contributed by atoms with Crippen LogP contribution in [-0.4, -0.2) is 46.0 Å². The Balaban J connectivity index is 1.17. The van der Waals surface area contributed by atoms with E-state index in [4.69, 9.17) is 0 Å². The molecular weight excluding hydrogens is 436 g/mol. The van der Waals surface area contributed by atoms with Gasteiger partial charge in [-0.2, -0.15) is 5.10 Å². The third kappa shape index (κ3) is 5.66. The average molecular weight is 467 g/mol. The second kappa shape index (κ2) is 10.7. The number of nitrogens with one attached hydrogen (secondary N) is 1. The predicted molar refractivity (Wildman–Crippen MR) is 139 cm³/mol. The van der Waals surface area contributed by atoms with Crippen molar-refractivity contribution in [3.05, 3.63) is 84.6 Å². The van der Waals surface area contributed by atoms with Gasteiger partial charge >= 0.3 is 0 Å². The van der Waals surface area contributed by atoms with Crippen molar-refractivity contribution in [1.29, 1.82) is 0 Å². The minimum absolute atomic E-state index is 0.0345. The quantitative estimate of drug-likeness (QED) is 0.335. The number of hydrogen-bond donors (Lipinski definition) is 1. The molecule has 1 aliphatic heterocycles. The maximum absolute atomic E-state index is 12.6. The zero-order chi connectivity index (χ0) is 24.0. The molecular formula is C29H30N4O2. The molecule has 3 aromatic carbocycles. The maximum Gasteiger partial charge on any atom is 0.224 e. The second-order valence-corrected chi connectivity index (χ2v) is 9.09. The Labute approximate surface area is 205 Å². The molecule has 0 unspecified atom stereocenters. The van der Waals surface area contributed by atoms with Crippen LogP contribution < -0.4 is 5.32 Å². The number of carbonyl (C=O) groups excluding carboxylic acids is 2. The number of benzene rings is 3. The van der Waals surface area contributed by atoms with Crippen molar-refractivity contribution in [2.24, 2.45) is 0 Å². The highest BCUT2D eigenvalue weighted by molar-refractivity contribution is 6.03. The summed E-state index contributed by atoms with van der Waals surface area (Å²) in [4.78, 5) is 27.7. The lowest BCUT2D eigenvalue weighted by Crippen LogP contribution is -2.24. The normalized spacial score (nSPS) is 13.8. The lowest BCUT2D eigenvalue weighted by molar-refractivity contribution is -0.116. The highest BCUT2D eigenvalue weighted by Gasteiger charge is 2.14. The highest BCUT2D eigenvalue weighted by atomic mass is 16.2. The Bertz CT molecular complexity index is 1310. The van der Waals surface area contributed by atoms with Crippen molar-refractivity contribution < 1.29 is 9.59 Å². The number of ketones is 1. The first kappa shape index (κ1) is 23.0. The summed E-state index contributed by atoms with van der Waals surface area (Å²) in [6.45, 7) is 4.15. The van der Waals surface area contributed by atoms with Crippen LogP contribution in [0.4, 0.5) is 5.69 Å². The van der Waals surface area contributed by atoms with E-state index in [0.29, 0.717) is 5.56 Å². The number of anilines is 1. The molecule has 178 valence electrons. The third-order valence-electron chi connectivity index (χ3n) is 6.61. The summed E-state index contributed by atoms with van der Waals surface area (Å²) in [7, 11) is 0. The molecule has 35 heavy (non-hydrogen) atoms. The van der Waals surface area contributed by atoms with Gasteiger partial charge in [0.05, 0.1) is 17.7 Å². The van der Waals surface area contributed by atoms with Crippen LogP contribution in [0.25, 0.3) is 22.0 Å². The van der Waals surface area contributed by atoms with E-state index in [2.05, 4.69) is 15.3 Å². The Kier molecular flexibility index (Phi) is 7.00. The van der Waals surface area contributed by atoms with Crippen LogP contribution in [0.5, 0.6) is 0 Å². The van der Waals surface area contributed by atoms with Gasteiger partial charge in [0.1, 0.15) is 0 Å². The standard InChI is InChI=1S/C29H30N4O2/c34-28(24-13-11-23(12-14-24)22-7-2-1-3-8-22)15-16-29(35)30-26-9-6-10-27-25(26)21-33(31-27)20-19-32-17-4-5-18-32/h1-3,6-14,21H,4-5,15-20H2,(H,30,35). The van der Waals surface area contributed by atoms with E-state index in [1.165, 1.54) is 12.8 Å². The minimum Gasteiger partial charge on any atom is -0.325 e. The van der Waals surface area contributed by atoms with Crippen molar-refractivity contribution in [3.63, 3.8) is 0 Å². The van der Waals surface area contributed by atoms with Gasteiger partial charge in [-0.25, -0.2) is 0 Å². The number of aromatic nitrogens is 2. The van der Waals surface area contributed by atoms with Crippen LogP contribution in [0.15, 0.2) is 79.0 Å². The number of Topliss-reactive ketones (excluding diaryl/α,β-unsaturated/α-hetero) is 1. The first-order chi connectivity index (χ1) is 17.2. The monoisotopic (exact) mass is 466 g/mol. The summed E-state index contributed by atoms with van der Waals surface area (Å²) < 4.78 is 1.96. The highest BCUT2D eigenvalue weighted by Crippen LogP contribution is 2.23. The number of carbonyl (C=O) groups is 2. The number of fused-ring (bicyclic) bond motifs is 1. The molecule has 1 aliphatic rings. The molecule has 5 rings (SSSR count). The van der Waals surface area contributed by atoms with Crippen molar-refractivity contribution in [3.8, 4) is 11.1 Å². The van der Waals surface area contributed by atoms with E-state index < -0.39 is 0 Å². The average Bonchev–Trinajstić information content (AvgIpc) is 3.57. The van der Waals surface area contributed by atoms with Gasteiger partial charge in [-0.15, -0.1) is 0 Å². The summed E-state index contributed by atoms with van der Waals surface area (Å²) >= 11 is 0. The van der Waals surface area contributed by atoms with Crippen LogP contribution in [0.3, 0.4) is 0 Å². The van der Waals surface area contributed by atoms with Crippen molar-refractivity contribution >= 4 is 28.3 Å². The minimum atomic E-state index is -0.170. The molecule has 1 N–H and O–H groups in total. The first-order valence-electron chi connectivity index (χ1n) is 12.3. The summed E-state index contributed by atoms with van der Waals surface area (Å²) in [5.74, 6) is -0.204. The summed E-state index contributed by atoms with van der Waals surface area (Å²) in [5, 5.41) is 8.57. The van der Waals surface area contributed by atoms with Crippen LogP contribution in [0, 0.1) is 0 Å². The molecule has 1 aromatic heterocycles. The van der Waals surface area contributed by atoms with Gasteiger partial charge in [-0.3, -0.25) is 14.3 Å². The first-order valence-corrected chi connectivity index (χ1v) is 12.3. The van der Waals surface area contributed by atoms with Gasteiger partial charge in [0, 0.05) is 36.5 Å². The molecule has 0 atom stereocenters. The number of rotatable bonds is 9. The topological polar surface area (TPSA) is 67.2 Å². The molecule has 1 saturated heterocycles. The molecule has 0 bridgehead atoms. The van der Waals surface area contributed by atoms with E-state index in [9.17, 15) is 9.59 Å². The molecule has 6 nitrogen and oxygen atoms in total. The van der Waals surface area contributed by atoms with Gasteiger partial charge in [0.2, 0.25) is 5.91 Å². The van der Waals surface area contributed by atoms with Gasteiger partial charge in [0.25, 0.3) is 0 Å². The van der Waals surface area contributed by atoms with Gasteiger partial charge < -0.3 is 10.2 Å². The molecule has 4 aromatic rings. The molecule has 0 aliphatic carbocycles. The largest absolute Gasteiger partial charge is 0.325 e. The molecule has 6 heteroatoms. The lowest BCUT2D eigenvalue weighted by Gasteiger charge is -2.13. The number of nitrogens with zero attached hydrogens (tertiary/aromatic N) is 3. The molecule has 2 heterocycles. The number of amides is 1. The Morgan fingerprint density at radius 2 is 1.54 bits per heavy atom. The number of hydrogen-bond acceptors (Lipinski definition) is 4. The van der Waals surface area contributed by atoms with Crippen LogP contribution in [0.2, 0.25) is 0 Å². The lowest BCUT2D eigenvalue weighted by atomic mass is 10.0. The van der Waals surface area contributed by atoms with E-state index in [1.54, 1.807) is 0 Å². The van der Waals surface area contributed by atoms with Crippen molar-refractivity contribution in [2.45, 2.75) is 32.2 Å². The fourth-order valence-electron chi connectivity index (χ4n) is 4.63. The fourth-order valence-corrected chi connectivity index (χ4v) is 4.63. The van der Waals surface area contributed by atoms with E-state index in [-0.39, 0.29) is 24.5 Å². The van der Waals surface area contributed by atoms with Gasteiger partial charge in [-0.1, -0.05) is 60.7 Å². The zero-order valence-corrected chi connectivity index (χ0v) is 19.8. The van der Waals surface area contributed by atoms with Gasteiger partial charge in [-0.05, 0) is 49.2 Å². The Morgan fingerprint density at radius 3 is 2.31 bits per heavy atom. The Morgan fingerprint density at radius 1 is 0.800 bits per heavy atom. The summed E-state index contributed by atoms with van der Waals surface area (Å²) in [6.07, 6.45) is 4.86. The van der Waals surface area contributed by atoms with Gasteiger partial charge in [0.15, 0.2) is 5.78 Å². The van der Waals surface area contributed by atoms with Crippen LogP contribution >= 0.6 is 0 Å². The van der Waals surface area contributed by atoms with Crippen molar-refractivity contribution in [2.75, 3.05) is 25.0 Å².